The molecule has 2 rings (SSSR count). The zero-order valence-electron chi connectivity index (χ0n) is 13.0. The van der Waals surface area contributed by atoms with Gasteiger partial charge < -0.3 is 10.1 Å². The fraction of sp³-hybridized carbons (Fsp3) is 0.438. The summed E-state index contributed by atoms with van der Waals surface area (Å²) in [5.41, 5.74) is 3.15. The van der Waals surface area contributed by atoms with Gasteiger partial charge in [0.05, 0.1) is 16.3 Å². The third-order valence-corrected chi connectivity index (χ3v) is 3.62. The lowest BCUT2D eigenvalue weighted by atomic mass is 10.2. The van der Waals surface area contributed by atoms with Crippen molar-refractivity contribution in [1.82, 2.24) is 15.1 Å². The molecule has 0 aliphatic rings. The topological polar surface area (TPSA) is 39.1 Å². The van der Waals surface area contributed by atoms with Gasteiger partial charge in [-0.15, -0.1) is 0 Å². The molecule has 5 heteroatoms. The minimum absolute atomic E-state index is 0.604. The molecule has 0 saturated heterocycles. The summed E-state index contributed by atoms with van der Waals surface area (Å²) in [6.07, 6.45) is 1.10. The first kappa shape index (κ1) is 15.9. The highest BCUT2D eigenvalue weighted by atomic mass is 35.5. The van der Waals surface area contributed by atoms with Crippen molar-refractivity contribution in [2.45, 2.75) is 33.7 Å². The molecule has 0 aliphatic carbocycles. The predicted octanol–water partition coefficient (Wildman–Crippen LogP) is 3.98. The van der Waals surface area contributed by atoms with Gasteiger partial charge in [-0.2, -0.15) is 5.10 Å². The smallest absolute Gasteiger partial charge is 0.222 e. The molecule has 0 unspecified atom stereocenters. The number of aryl methyl sites for hydroxylation is 3. The van der Waals surface area contributed by atoms with Crippen LogP contribution in [0.4, 0.5) is 0 Å². The highest BCUT2D eigenvalue weighted by Crippen LogP contribution is 2.32. The van der Waals surface area contributed by atoms with E-state index in [1.807, 2.05) is 39.1 Å². The maximum atomic E-state index is 6.21. The number of benzene rings is 1. The van der Waals surface area contributed by atoms with E-state index in [4.69, 9.17) is 16.3 Å². The number of nitrogens with zero attached hydrogens (tertiary/aromatic N) is 2. The van der Waals surface area contributed by atoms with E-state index >= 15 is 0 Å². The number of hydrogen-bond acceptors (Lipinski definition) is 3. The molecule has 0 fully saturated rings. The van der Waals surface area contributed by atoms with E-state index < -0.39 is 0 Å². The fourth-order valence-electron chi connectivity index (χ4n) is 2.20. The van der Waals surface area contributed by atoms with Crippen LogP contribution in [0.5, 0.6) is 11.6 Å². The van der Waals surface area contributed by atoms with Crippen LogP contribution in [0, 0.1) is 13.8 Å². The van der Waals surface area contributed by atoms with Gasteiger partial charge in [0, 0.05) is 13.6 Å². The second-order valence-corrected chi connectivity index (χ2v) is 5.61. The Balaban J connectivity index is 2.28. The number of aromatic nitrogens is 2. The van der Waals surface area contributed by atoms with Crippen LogP contribution in [-0.2, 0) is 13.6 Å². The minimum Gasteiger partial charge on any atom is -0.437 e. The summed E-state index contributed by atoms with van der Waals surface area (Å²) in [4.78, 5) is 0. The fourth-order valence-corrected chi connectivity index (χ4v) is 2.35. The van der Waals surface area contributed by atoms with E-state index in [1.54, 1.807) is 4.68 Å². The second-order valence-electron chi connectivity index (χ2n) is 5.21. The third kappa shape index (κ3) is 3.77. The summed E-state index contributed by atoms with van der Waals surface area (Å²) in [7, 11) is 1.88. The molecule has 1 N–H and O–H groups in total. The molecule has 0 bridgehead atoms. The number of ether oxygens (including phenoxy) is 1. The lowest BCUT2D eigenvalue weighted by Crippen LogP contribution is -2.14. The van der Waals surface area contributed by atoms with Crippen molar-refractivity contribution in [3.05, 3.63) is 40.0 Å². The third-order valence-electron chi connectivity index (χ3n) is 3.31. The first-order valence-electron chi connectivity index (χ1n) is 7.20. The number of rotatable bonds is 6. The lowest BCUT2D eigenvalue weighted by molar-refractivity contribution is 0.424. The quantitative estimate of drug-likeness (QED) is 0.820. The Kier molecular flexibility index (Phi) is 5.26. The van der Waals surface area contributed by atoms with E-state index in [1.165, 1.54) is 0 Å². The largest absolute Gasteiger partial charge is 0.437 e. The zero-order chi connectivity index (χ0) is 15.4. The van der Waals surface area contributed by atoms with Crippen molar-refractivity contribution >= 4 is 11.6 Å². The molecular weight excluding hydrogens is 286 g/mol. The molecule has 0 atom stereocenters. The highest BCUT2D eigenvalue weighted by Gasteiger charge is 2.16. The Morgan fingerprint density at radius 3 is 2.81 bits per heavy atom. The second kappa shape index (κ2) is 6.96. The van der Waals surface area contributed by atoms with Crippen LogP contribution in [0.1, 0.15) is 30.2 Å². The van der Waals surface area contributed by atoms with Gasteiger partial charge in [0.15, 0.2) is 0 Å². The molecule has 2 aromatic rings. The monoisotopic (exact) mass is 307 g/mol. The van der Waals surface area contributed by atoms with Crippen LogP contribution in [-0.4, -0.2) is 16.3 Å². The minimum atomic E-state index is 0.604. The highest BCUT2D eigenvalue weighted by molar-refractivity contribution is 6.32. The molecule has 0 amide bonds. The Bertz CT molecular complexity index is 622. The van der Waals surface area contributed by atoms with Crippen molar-refractivity contribution in [2.75, 3.05) is 6.54 Å². The van der Waals surface area contributed by atoms with Gasteiger partial charge in [0.2, 0.25) is 5.88 Å². The Hall–Kier alpha value is -1.52. The van der Waals surface area contributed by atoms with Gasteiger partial charge in [0.1, 0.15) is 5.75 Å². The predicted molar refractivity (Wildman–Crippen MR) is 86.2 cm³/mol. The van der Waals surface area contributed by atoms with E-state index in [0.717, 1.165) is 42.2 Å². The van der Waals surface area contributed by atoms with E-state index in [2.05, 4.69) is 17.3 Å². The van der Waals surface area contributed by atoms with Gasteiger partial charge in [0.25, 0.3) is 0 Å². The van der Waals surface area contributed by atoms with Gasteiger partial charge in [-0.3, -0.25) is 0 Å². The SMILES string of the molecule is CCCNCc1c(C)nn(C)c1Oc1cc(C)ccc1Cl. The first-order valence-corrected chi connectivity index (χ1v) is 7.58. The molecule has 21 heavy (non-hydrogen) atoms. The van der Waals surface area contributed by atoms with Crippen LogP contribution < -0.4 is 10.1 Å². The maximum absolute atomic E-state index is 6.21. The van der Waals surface area contributed by atoms with E-state index in [-0.39, 0.29) is 0 Å². The maximum Gasteiger partial charge on any atom is 0.222 e. The van der Waals surface area contributed by atoms with Gasteiger partial charge in [-0.25, -0.2) is 4.68 Å². The summed E-state index contributed by atoms with van der Waals surface area (Å²) >= 11 is 6.21. The molecule has 0 spiro atoms. The molecule has 1 aromatic carbocycles. The summed E-state index contributed by atoms with van der Waals surface area (Å²) < 4.78 is 7.79. The molecular formula is C16H22ClN3O. The lowest BCUT2D eigenvalue weighted by Gasteiger charge is -2.11. The van der Waals surface area contributed by atoms with Crippen LogP contribution in [0.15, 0.2) is 18.2 Å². The van der Waals surface area contributed by atoms with E-state index in [9.17, 15) is 0 Å². The van der Waals surface area contributed by atoms with Crippen LogP contribution in [0.25, 0.3) is 0 Å². The van der Waals surface area contributed by atoms with Crippen molar-refractivity contribution in [3.8, 4) is 11.6 Å². The molecule has 1 aromatic heterocycles. The van der Waals surface area contributed by atoms with E-state index in [0.29, 0.717) is 10.8 Å². The molecule has 114 valence electrons. The summed E-state index contributed by atoms with van der Waals surface area (Å²) in [6.45, 7) is 7.87. The molecule has 0 aliphatic heterocycles. The van der Waals surface area contributed by atoms with Crippen LogP contribution in [0.2, 0.25) is 5.02 Å². The number of halogens is 1. The Labute approximate surface area is 131 Å². The summed E-state index contributed by atoms with van der Waals surface area (Å²) in [5, 5.41) is 8.44. The number of nitrogens with one attached hydrogen (secondary N) is 1. The number of hydrogen-bond donors (Lipinski definition) is 1. The van der Waals surface area contributed by atoms with Gasteiger partial charge >= 0.3 is 0 Å². The van der Waals surface area contributed by atoms with Crippen LogP contribution in [0.3, 0.4) is 0 Å². The van der Waals surface area contributed by atoms with Crippen LogP contribution >= 0.6 is 11.6 Å². The zero-order valence-corrected chi connectivity index (χ0v) is 13.8. The summed E-state index contributed by atoms with van der Waals surface area (Å²) in [6, 6.07) is 5.76. The average molecular weight is 308 g/mol. The van der Waals surface area contributed by atoms with Crippen molar-refractivity contribution in [2.24, 2.45) is 7.05 Å². The van der Waals surface area contributed by atoms with Crippen molar-refractivity contribution in [3.63, 3.8) is 0 Å². The first-order chi connectivity index (χ1) is 10.0. The average Bonchev–Trinajstić information content (AvgIpc) is 2.70. The van der Waals surface area contributed by atoms with Crippen molar-refractivity contribution in [1.29, 1.82) is 0 Å². The molecule has 0 saturated carbocycles. The Morgan fingerprint density at radius 2 is 2.10 bits per heavy atom. The molecule has 1 heterocycles. The normalized spacial score (nSPS) is 10.9. The Morgan fingerprint density at radius 1 is 1.33 bits per heavy atom. The van der Waals surface area contributed by atoms with Crippen molar-refractivity contribution < 1.29 is 4.74 Å². The van der Waals surface area contributed by atoms with Gasteiger partial charge in [-0.05, 0) is 44.5 Å². The van der Waals surface area contributed by atoms with Gasteiger partial charge in [-0.1, -0.05) is 24.6 Å². The molecule has 4 nitrogen and oxygen atoms in total. The standard InChI is InChI=1S/C16H22ClN3O/c1-5-8-18-10-13-12(3)19-20(4)16(13)21-15-9-11(2)6-7-14(15)17/h6-7,9,18H,5,8,10H2,1-4H3. The summed E-state index contributed by atoms with van der Waals surface area (Å²) in [5.74, 6) is 1.40. The molecule has 0 radical (unpaired) electrons.